The second kappa shape index (κ2) is 11.5. The molecule has 3 amide bonds. The third-order valence-corrected chi connectivity index (χ3v) is 7.84. The highest BCUT2D eigenvalue weighted by molar-refractivity contribution is 5.91. The lowest BCUT2D eigenvalue weighted by Gasteiger charge is -2.53. The van der Waals surface area contributed by atoms with Crippen LogP contribution in [0.4, 0.5) is 18.0 Å². The zero-order valence-corrected chi connectivity index (χ0v) is 22.3. The maximum Gasteiger partial charge on any atom is 0.416 e. The van der Waals surface area contributed by atoms with Crippen LogP contribution in [0.5, 0.6) is 0 Å². The molecule has 3 fully saturated rings. The number of piperidine rings is 1. The number of fused-ring (bicyclic) bond motifs is 1. The van der Waals surface area contributed by atoms with Gasteiger partial charge in [-0.15, -0.1) is 0 Å². The van der Waals surface area contributed by atoms with Gasteiger partial charge in [0.25, 0.3) is 0 Å². The number of amides is 3. The average Bonchev–Trinajstić information content (AvgIpc) is 2.93. The molecule has 3 atom stereocenters. The Labute approximate surface area is 231 Å². The van der Waals surface area contributed by atoms with Gasteiger partial charge in [0.1, 0.15) is 18.8 Å². The Bertz CT molecular complexity index is 1250. The monoisotopic (exact) mass is 558 g/mol. The Morgan fingerprint density at radius 1 is 1.10 bits per heavy atom. The van der Waals surface area contributed by atoms with Gasteiger partial charge >= 0.3 is 12.3 Å². The van der Waals surface area contributed by atoms with Crippen LogP contribution in [0, 0.1) is 12.8 Å². The normalized spacial score (nSPS) is 23.7. The van der Waals surface area contributed by atoms with E-state index in [-0.39, 0.29) is 49.4 Å². The van der Waals surface area contributed by atoms with Gasteiger partial charge in [0.2, 0.25) is 11.8 Å². The molecule has 11 heteroatoms. The fourth-order valence-electron chi connectivity index (χ4n) is 6.00. The zero-order valence-electron chi connectivity index (χ0n) is 22.3. The largest absolute Gasteiger partial charge is 0.444 e. The van der Waals surface area contributed by atoms with Crippen molar-refractivity contribution < 1.29 is 32.3 Å². The summed E-state index contributed by atoms with van der Waals surface area (Å²) in [6, 6.07) is 12.4. The molecule has 0 spiro atoms. The van der Waals surface area contributed by atoms with Crippen LogP contribution in [0.1, 0.15) is 41.5 Å². The molecule has 3 aliphatic rings. The Morgan fingerprint density at radius 2 is 1.88 bits per heavy atom. The highest BCUT2D eigenvalue weighted by Crippen LogP contribution is 2.33. The lowest BCUT2D eigenvalue weighted by Crippen LogP contribution is -2.73. The first kappa shape index (κ1) is 27.9. The van der Waals surface area contributed by atoms with Crippen molar-refractivity contribution in [2.24, 2.45) is 5.92 Å². The van der Waals surface area contributed by atoms with Crippen LogP contribution in [-0.4, -0.2) is 71.0 Å². The van der Waals surface area contributed by atoms with Gasteiger partial charge in [0, 0.05) is 32.0 Å². The summed E-state index contributed by atoms with van der Waals surface area (Å²) in [6.45, 7) is 3.19. The number of nitrogens with one attached hydrogen (secondary N) is 1. The summed E-state index contributed by atoms with van der Waals surface area (Å²) in [5, 5.41) is 3.33. The van der Waals surface area contributed by atoms with Crippen LogP contribution >= 0.6 is 0 Å². The number of halogens is 3. The second-order valence-electron chi connectivity index (χ2n) is 10.7. The predicted octanol–water partition coefficient (Wildman–Crippen LogP) is 3.92. The van der Waals surface area contributed by atoms with Gasteiger partial charge in [0.15, 0.2) is 0 Å². The summed E-state index contributed by atoms with van der Waals surface area (Å²) < 4.78 is 45.4. The highest BCUT2D eigenvalue weighted by Gasteiger charge is 2.51. The summed E-state index contributed by atoms with van der Waals surface area (Å²) in [5.41, 5.74) is 0.753. The standard InChI is InChI=1S/C29H33F3N4O4/c1-19-12-21(14-23(13-19)29(30,31)32)18-40-28(39)35-11-9-25(37)36-24(35)17-34(16-20-6-3-2-4-7-20)27(38)26(36)22-8-5-10-33-15-22/h2-4,6-7,12-14,22,24,26,33H,5,8-11,15-18H2,1H3. The molecule has 2 aromatic rings. The van der Waals surface area contributed by atoms with E-state index in [0.29, 0.717) is 18.7 Å². The third-order valence-electron chi connectivity index (χ3n) is 7.84. The molecule has 0 aromatic heterocycles. The van der Waals surface area contributed by atoms with E-state index in [4.69, 9.17) is 4.74 Å². The van der Waals surface area contributed by atoms with Crippen LogP contribution in [0.3, 0.4) is 0 Å². The number of carbonyl (C=O) groups is 3. The topological polar surface area (TPSA) is 82.2 Å². The number of hydrogen-bond acceptors (Lipinski definition) is 5. The van der Waals surface area contributed by atoms with Crippen molar-refractivity contribution >= 4 is 17.9 Å². The van der Waals surface area contributed by atoms with Crippen LogP contribution < -0.4 is 5.32 Å². The van der Waals surface area contributed by atoms with Crippen molar-refractivity contribution in [3.63, 3.8) is 0 Å². The smallest absolute Gasteiger partial charge is 0.416 e. The SMILES string of the molecule is Cc1cc(COC(=O)N2CCC(=O)N3C(C4CCCNC4)C(=O)N(Cc4ccccc4)CC23)cc(C(F)(F)F)c1. The van der Waals surface area contributed by atoms with Crippen molar-refractivity contribution in [1.29, 1.82) is 0 Å². The minimum atomic E-state index is -4.52. The Balaban J connectivity index is 1.39. The van der Waals surface area contributed by atoms with Gasteiger partial charge in [0.05, 0.1) is 12.1 Å². The minimum absolute atomic E-state index is 0.0386. The summed E-state index contributed by atoms with van der Waals surface area (Å²) in [4.78, 5) is 45.1. The van der Waals surface area contributed by atoms with Crippen molar-refractivity contribution in [2.45, 2.75) is 57.7 Å². The summed E-state index contributed by atoms with van der Waals surface area (Å²) in [5.74, 6) is -0.432. The van der Waals surface area contributed by atoms with Crippen LogP contribution in [-0.2, 0) is 33.7 Å². The lowest BCUT2D eigenvalue weighted by molar-refractivity contribution is -0.172. The number of carbonyl (C=O) groups excluding carboxylic acids is 3. The molecular formula is C29H33F3N4O4. The van der Waals surface area contributed by atoms with E-state index in [0.717, 1.165) is 37.1 Å². The Hall–Kier alpha value is -3.60. The van der Waals surface area contributed by atoms with Crippen molar-refractivity contribution in [3.8, 4) is 0 Å². The molecule has 0 saturated carbocycles. The second-order valence-corrected chi connectivity index (χ2v) is 10.7. The number of nitrogens with zero attached hydrogens (tertiary/aromatic N) is 3. The summed E-state index contributed by atoms with van der Waals surface area (Å²) >= 11 is 0. The lowest BCUT2D eigenvalue weighted by atomic mass is 9.86. The fraction of sp³-hybridized carbons (Fsp3) is 0.483. The van der Waals surface area contributed by atoms with E-state index in [1.54, 1.807) is 22.8 Å². The minimum Gasteiger partial charge on any atom is -0.444 e. The van der Waals surface area contributed by atoms with Crippen LogP contribution in [0.15, 0.2) is 48.5 Å². The van der Waals surface area contributed by atoms with Crippen molar-refractivity contribution in [1.82, 2.24) is 20.0 Å². The van der Waals surface area contributed by atoms with Crippen molar-refractivity contribution in [3.05, 3.63) is 70.8 Å². The van der Waals surface area contributed by atoms with E-state index in [9.17, 15) is 27.6 Å². The molecule has 3 heterocycles. The molecule has 214 valence electrons. The molecule has 0 radical (unpaired) electrons. The Kier molecular flexibility index (Phi) is 8.02. The number of alkyl halides is 3. The first-order chi connectivity index (χ1) is 19.1. The molecule has 40 heavy (non-hydrogen) atoms. The molecule has 5 rings (SSSR count). The van der Waals surface area contributed by atoms with E-state index in [1.807, 2.05) is 30.3 Å². The number of hydrogen-bond donors (Lipinski definition) is 1. The zero-order chi connectivity index (χ0) is 28.4. The van der Waals surface area contributed by atoms with Gasteiger partial charge in [-0.05, 0) is 49.6 Å². The van der Waals surface area contributed by atoms with Gasteiger partial charge < -0.3 is 19.9 Å². The third kappa shape index (κ3) is 5.94. The number of rotatable bonds is 5. The van der Waals surface area contributed by atoms with Gasteiger partial charge in [-0.1, -0.05) is 42.0 Å². The van der Waals surface area contributed by atoms with Crippen LogP contribution in [0.2, 0.25) is 0 Å². The van der Waals surface area contributed by atoms with E-state index in [2.05, 4.69) is 5.32 Å². The molecule has 3 saturated heterocycles. The maximum absolute atomic E-state index is 13.8. The van der Waals surface area contributed by atoms with E-state index >= 15 is 0 Å². The average molecular weight is 559 g/mol. The van der Waals surface area contributed by atoms with E-state index in [1.165, 1.54) is 4.90 Å². The summed E-state index contributed by atoms with van der Waals surface area (Å²) in [6.07, 6.45) is -4.28. The first-order valence-electron chi connectivity index (χ1n) is 13.6. The number of benzene rings is 2. The number of ether oxygens (including phenoxy) is 1. The van der Waals surface area contributed by atoms with Gasteiger partial charge in [-0.2, -0.15) is 13.2 Å². The quantitative estimate of drug-likeness (QED) is 0.602. The summed E-state index contributed by atoms with van der Waals surface area (Å²) in [7, 11) is 0. The molecule has 3 unspecified atom stereocenters. The molecule has 0 aliphatic carbocycles. The number of piperazine rings is 1. The molecule has 1 N–H and O–H groups in total. The Morgan fingerprint density at radius 3 is 2.58 bits per heavy atom. The molecule has 8 nitrogen and oxygen atoms in total. The predicted molar refractivity (Wildman–Crippen MR) is 140 cm³/mol. The molecule has 3 aliphatic heterocycles. The first-order valence-corrected chi connectivity index (χ1v) is 13.6. The maximum atomic E-state index is 13.8. The van der Waals surface area contributed by atoms with Crippen LogP contribution in [0.25, 0.3) is 0 Å². The molecule has 2 aromatic carbocycles. The van der Waals surface area contributed by atoms with Crippen molar-refractivity contribution in [2.75, 3.05) is 26.2 Å². The fourth-order valence-corrected chi connectivity index (χ4v) is 6.00. The molecular weight excluding hydrogens is 525 g/mol. The van der Waals surface area contributed by atoms with E-state index < -0.39 is 30.0 Å². The molecule has 0 bridgehead atoms. The van der Waals surface area contributed by atoms with Gasteiger partial charge in [-0.3, -0.25) is 14.5 Å². The van der Waals surface area contributed by atoms with Gasteiger partial charge in [-0.25, -0.2) is 4.79 Å². The number of aryl methyl sites for hydroxylation is 1. The highest BCUT2D eigenvalue weighted by atomic mass is 19.4.